The molecule has 0 saturated carbocycles. The number of halogens is 1. The topological polar surface area (TPSA) is 67.2 Å². The lowest BCUT2D eigenvalue weighted by Gasteiger charge is -2.19. The van der Waals surface area contributed by atoms with Crippen LogP contribution in [-0.2, 0) is 23.2 Å². The molecule has 0 spiro atoms. The van der Waals surface area contributed by atoms with Crippen molar-refractivity contribution in [2.24, 2.45) is 11.8 Å². The molecule has 0 aliphatic carbocycles. The highest BCUT2D eigenvalue weighted by Gasteiger charge is 2.16. The van der Waals surface area contributed by atoms with Gasteiger partial charge in [0, 0.05) is 18.0 Å². The molecule has 28 heavy (non-hydrogen) atoms. The van der Waals surface area contributed by atoms with Crippen molar-refractivity contribution in [3.05, 3.63) is 71.0 Å². The van der Waals surface area contributed by atoms with Gasteiger partial charge in [-0.3, -0.25) is 10.6 Å². The minimum absolute atomic E-state index is 0.0681. The molecule has 0 aliphatic rings. The number of nitrogens with one attached hydrogen (secondary N) is 2. The van der Waals surface area contributed by atoms with E-state index in [1.54, 1.807) is 6.07 Å². The second-order valence-electron chi connectivity index (χ2n) is 8.16. The molecule has 150 valence electrons. The molecule has 0 fully saturated rings. The molecule has 4 nitrogen and oxygen atoms in total. The van der Waals surface area contributed by atoms with Crippen molar-refractivity contribution in [3.8, 4) is 0 Å². The predicted molar refractivity (Wildman–Crippen MR) is 114 cm³/mol. The first-order chi connectivity index (χ1) is 13.2. The van der Waals surface area contributed by atoms with Gasteiger partial charge in [-0.1, -0.05) is 64.6 Å². The fraction of sp³-hybridized carbons (Fsp3) is 0.348. The van der Waals surface area contributed by atoms with E-state index in [2.05, 4.69) is 62.4 Å². The van der Waals surface area contributed by atoms with E-state index in [9.17, 15) is 9.18 Å². The van der Waals surface area contributed by atoms with Gasteiger partial charge in [0.15, 0.2) is 0 Å². The van der Waals surface area contributed by atoms with Crippen molar-refractivity contribution in [1.82, 2.24) is 5.32 Å². The number of amides is 1. The molecule has 2 aromatic rings. The van der Waals surface area contributed by atoms with E-state index in [4.69, 9.17) is 5.84 Å². The van der Waals surface area contributed by atoms with Crippen LogP contribution in [0.15, 0.2) is 43.0 Å². The summed E-state index contributed by atoms with van der Waals surface area (Å²) in [5.74, 6) is 4.61. The van der Waals surface area contributed by atoms with Crippen LogP contribution in [0.3, 0.4) is 0 Å². The van der Waals surface area contributed by atoms with E-state index >= 15 is 0 Å². The van der Waals surface area contributed by atoms with Gasteiger partial charge < -0.3 is 10.7 Å². The lowest BCUT2D eigenvalue weighted by atomic mass is 9.86. The van der Waals surface area contributed by atoms with Gasteiger partial charge >= 0.3 is 0 Å². The Hall–Kier alpha value is -2.66. The van der Waals surface area contributed by atoms with Crippen LogP contribution in [0.4, 0.5) is 10.1 Å². The number of nitrogen functional groups attached to an aromatic ring is 1. The zero-order chi connectivity index (χ0) is 20.9. The van der Waals surface area contributed by atoms with Gasteiger partial charge in [-0.05, 0) is 40.7 Å². The first kappa shape index (κ1) is 21.6. The minimum atomic E-state index is -0.476. The largest absolute Gasteiger partial charge is 0.352 e. The molecule has 0 aliphatic heterocycles. The zero-order valence-electron chi connectivity index (χ0n) is 17.1. The number of carbonyl (C=O) groups excluding carboxylic acids is 1. The molecule has 5 heteroatoms. The van der Waals surface area contributed by atoms with Crippen LogP contribution in [0.25, 0.3) is 6.08 Å². The fourth-order valence-electron chi connectivity index (χ4n) is 3.05. The summed E-state index contributed by atoms with van der Waals surface area (Å²) >= 11 is 0. The Morgan fingerprint density at radius 3 is 2.39 bits per heavy atom. The molecular formula is C23H30FN3O. The van der Waals surface area contributed by atoms with Gasteiger partial charge in [0.2, 0.25) is 5.91 Å². The highest BCUT2D eigenvalue weighted by molar-refractivity contribution is 5.78. The predicted octanol–water partition coefficient (Wildman–Crippen LogP) is 4.55. The van der Waals surface area contributed by atoms with Crippen molar-refractivity contribution in [2.75, 3.05) is 5.43 Å². The molecular weight excluding hydrogens is 353 g/mol. The van der Waals surface area contributed by atoms with Crippen LogP contribution in [0.1, 0.15) is 49.9 Å². The summed E-state index contributed by atoms with van der Waals surface area (Å²) in [5, 5.41) is 2.88. The van der Waals surface area contributed by atoms with E-state index in [0.29, 0.717) is 17.5 Å². The normalized spacial score (nSPS) is 12.4. The van der Waals surface area contributed by atoms with Crippen LogP contribution in [0.2, 0.25) is 0 Å². The monoisotopic (exact) mass is 383 g/mol. The summed E-state index contributed by atoms with van der Waals surface area (Å²) in [7, 11) is 0. The number of hydrazine groups is 1. The number of hydrogen-bond donors (Lipinski definition) is 3. The van der Waals surface area contributed by atoms with Gasteiger partial charge in [-0.25, -0.2) is 4.39 Å². The second kappa shape index (κ2) is 9.02. The van der Waals surface area contributed by atoms with E-state index < -0.39 is 5.82 Å². The number of carbonyl (C=O) groups is 1. The molecule has 1 amide bonds. The molecule has 2 rings (SSSR count). The van der Waals surface area contributed by atoms with E-state index in [1.807, 2.05) is 6.92 Å². The average molecular weight is 384 g/mol. The Balaban J connectivity index is 1.97. The van der Waals surface area contributed by atoms with E-state index in [0.717, 1.165) is 5.56 Å². The van der Waals surface area contributed by atoms with Gasteiger partial charge in [-0.2, -0.15) is 0 Å². The molecule has 0 radical (unpaired) electrons. The Morgan fingerprint density at radius 1 is 1.21 bits per heavy atom. The van der Waals surface area contributed by atoms with Crippen LogP contribution in [-0.4, -0.2) is 5.91 Å². The van der Waals surface area contributed by atoms with Gasteiger partial charge in [0.05, 0.1) is 5.69 Å². The Bertz CT molecular complexity index is 838. The third-order valence-corrected chi connectivity index (χ3v) is 4.82. The average Bonchev–Trinajstić information content (AvgIpc) is 2.65. The van der Waals surface area contributed by atoms with Gasteiger partial charge in [0.25, 0.3) is 0 Å². The summed E-state index contributed by atoms with van der Waals surface area (Å²) in [5.41, 5.74) is 6.23. The quantitative estimate of drug-likeness (QED) is 0.485. The number of nitrogens with two attached hydrogens (primary N) is 1. The molecule has 0 heterocycles. The zero-order valence-corrected chi connectivity index (χ0v) is 17.1. The van der Waals surface area contributed by atoms with Crippen LogP contribution in [0.5, 0.6) is 0 Å². The first-order valence-corrected chi connectivity index (χ1v) is 9.44. The van der Waals surface area contributed by atoms with E-state index in [1.165, 1.54) is 17.7 Å². The highest BCUT2D eigenvalue weighted by atomic mass is 19.1. The number of anilines is 1. The lowest BCUT2D eigenvalue weighted by molar-refractivity contribution is -0.124. The number of benzene rings is 2. The molecule has 0 aromatic heterocycles. The van der Waals surface area contributed by atoms with E-state index in [-0.39, 0.29) is 29.5 Å². The summed E-state index contributed by atoms with van der Waals surface area (Å²) in [6.45, 7) is 12.3. The van der Waals surface area contributed by atoms with Gasteiger partial charge in [0.1, 0.15) is 5.82 Å². The maximum atomic E-state index is 14.1. The Morgan fingerprint density at radius 2 is 1.86 bits per heavy atom. The highest BCUT2D eigenvalue weighted by Crippen LogP contribution is 2.24. The summed E-state index contributed by atoms with van der Waals surface area (Å²) in [4.78, 5) is 12.5. The fourth-order valence-corrected chi connectivity index (χ4v) is 3.05. The molecule has 1 atom stereocenters. The maximum absolute atomic E-state index is 14.1. The summed E-state index contributed by atoms with van der Waals surface area (Å²) < 4.78 is 14.1. The van der Waals surface area contributed by atoms with Crippen LogP contribution in [0, 0.1) is 11.7 Å². The summed E-state index contributed by atoms with van der Waals surface area (Å²) in [6, 6.07) is 11.5. The molecule has 1 unspecified atom stereocenters. The van der Waals surface area contributed by atoms with Crippen molar-refractivity contribution in [2.45, 2.75) is 46.1 Å². The van der Waals surface area contributed by atoms with Crippen molar-refractivity contribution in [1.29, 1.82) is 0 Å². The standard InChI is InChI=1S/C23H30FN3O/c1-6-18-12-17(13-20(24)21(18)27-25)14-26-22(28)15(2)11-16-7-9-19(10-8-16)23(3,4)5/h6-10,12-13,15,27H,1,11,14,25H2,2-5H3,(H,26,28). The molecule has 4 N–H and O–H groups in total. The molecule has 2 aromatic carbocycles. The maximum Gasteiger partial charge on any atom is 0.223 e. The first-order valence-electron chi connectivity index (χ1n) is 9.44. The minimum Gasteiger partial charge on any atom is -0.352 e. The van der Waals surface area contributed by atoms with Crippen LogP contribution < -0.4 is 16.6 Å². The second-order valence-corrected chi connectivity index (χ2v) is 8.16. The van der Waals surface area contributed by atoms with Crippen molar-refractivity contribution >= 4 is 17.7 Å². The Kier molecular flexibility index (Phi) is 6.97. The Labute approximate surface area is 167 Å². The van der Waals surface area contributed by atoms with Crippen LogP contribution >= 0.6 is 0 Å². The smallest absolute Gasteiger partial charge is 0.223 e. The number of hydrogen-bond acceptors (Lipinski definition) is 3. The van der Waals surface area contributed by atoms with Crippen molar-refractivity contribution in [3.63, 3.8) is 0 Å². The summed E-state index contributed by atoms with van der Waals surface area (Å²) in [6.07, 6.45) is 2.17. The molecule has 0 saturated heterocycles. The third kappa shape index (κ3) is 5.42. The lowest BCUT2D eigenvalue weighted by Crippen LogP contribution is -2.30. The molecule has 0 bridgehead atoms. The van der Waals surface area contributed by atoms with Gasteiger partial charge in [-0.15, -0.1) is 0 Å². The third-order valence-electron chi connectivity index (χ3n) is 4.82. The SMILES string of the molecule is C=Cc1cc(CNC(=O)C(C)Cc2ccc(C(C)(C)C)cc2)cc(F)c1NN. The van der Waals surface area contributed by atoms with Crippen molar-refractivity contribution < 1.29 is 9.18 Å². The number of rotatable bonds is 7.